The molecule has 1 aromatic carbocycles. The summed E-state index contributed by atoms with van der Waals surface area (Å²) >= 11 is 1.05. The smallest absolute Gasteiger partial charge is 0.271 e. The van der Waals surface area contributed by atoms with Crippen molar-refractivity contribution in [2.45, 2.75) is 29.9 Å². The van der Waals surface area contributed by atoms with Crippen LogP contribution in [0.25, 0.3) is 0 Å². The van der Waals surface area contributed by atoms with E-state index in [4.69, 9.17) is 9.47 Å². The van der Waals surface area contributed by atoms with Gasteiger partial charge in [0.2, 0.25) is 0 Å². The molecule has 0 unspecified atom stereocenters. The normalized spacial score (nSPS) is 17.1. The molecule has 2 aliphatic rings. The topological polar surface area (TPSA) is 84.9 Å². The van der Waals surface area contributed by atoms with E-state index < -0.39 is 10.0 Å². The van der Waals surface area contributed by atoms with Crippen molar-refractivity contribution in [1.82, 2.24) is 4.90 Å². The number of sulfonamides is 1. The molecule has 4 rings (SSSR count). The van der Waals surface area contributed by atoms with E-state index in [1.807, 2.05) is 4.90 Å². The van der Waals surface area contributed by atoms with Crippen LogP contribution in [0.4, 0.5) is 5.69 Å². The van der Waals surface area contributed by atoms with Crippen LogP contribution in [0.2, 0.25) is 0 Å². The third-order valence-electron chi connectivity index (χ3n) is 4.77. The second-order valence-corrected chi connectivity index (χ2v) is 9.65. The standard InChI is InChI=1S/C19H22N2O5S2/c22-19(21-7-3-1-2-4-8-21)14-11-18(27-13-14)28(23,24)20-15-5-6-16-17(12-15)26-10-9-25-16/h5-6,11-13,20H,1-4,7-10H2. The second-order valence-electron chi connectivity index (χ2n) is 6.82. The van der Waals surface area contributed by atoms with Crippen molar-refractivity contribution in [3.8, 4) is 11.5 Å². The fourth-order valence-electron chi connectivity index (χ4n) is 3.34. The molecule has 2 aromatic rings. The summed E-state index contributed by atoms with van der Waals surface area (Å²) in [6, 6.07) is 6.36. The fourth-order valence-corrected chi connectivity index (χ4v) is 5.54. The van der Waals surface area contributed by atoms with Gasteiger partial charge in [0.05, 0.1) is 11.3 Å². The molecule has 7 nitrogen and oxygen atoms in total. The first-order valence-electron chi connectivity index (χ1n) is 9.33. The first kappa shape index (κ1) is 19.1. The van der Waals surface area contributed by atoms with Crippen molar-refractivity contribution < 1.29 is 22.7 Å². The van der Waals surface area contributed by atoms with Crippen LogP contribution in [0.3, 0.4) is 0 Å². The van der Waals surface area contributed by atoms with Gasteiger partial charge in [-0.15, -0.1) is 11.3 Å². The molecule has 0 saturated carbocycles. The number of nitrogens with one attached hydrogen (secondary N) is 1. The number of hydrogen-bond acceptors (Lipinski definition) is 6. The fraction of sp³-hybridized carbons (Fsp3) is 0.421. The molecule has 1 N–H and O–H groups in total. The maximum Gasteiger partial charge on any atom is 0.271 e. The van der Waals surface area contributed by atoms with E-state index in [-0.39, 0.29) is 10.1 Å². The van der Waals surface area contributed by atoms with Crippen LogP contribution in [0.1, 0.15) is 36.0 Å². The van der Waals surface area contributed by atoms with Crippen molar-refractivity contribution in [3.05, 3.63) is 35.2 Å². The molecule has 0 aliphatic carbocycles. The summed E-state index contributed by atoms with van der Waals surface area (Å²) < 4.78 is 39.1. The lowest BCUT2D eigenvalue weighted by Gasteiger charge is -2.19. The maximum absolute atomic E-state index is 12.7. The minimum absolute atomic E-state index is 0.0982. The molecule has 0 radical (unpaired) electrons. The van der Waals surface area contributed by atoms with Gasteiger partial charge in [-0.05, 0) is 31.0 Å². The van der Waals surface area contributed by atoms with Gasteiger partial charge in [-0.1, -0.05) is 12.8 Å². The monoisotopic (exact) mass is 422 g/mol. The number of rotatable bonds is 4. The molecule has 3 heterocycles. The summed E-state index contributed by atoms with van der Waals surface area (Å²) in [4.78, 5) is 14.5. The Kier molecular flexibility index (Phi) is 5.45. The summed E-state index contributed by atoms with van der Waals surface area (Å²) in [7, 11) is -3.79. The average Bonchev–Trinajstić information content (AvgIpc) is 3.04. The molecule has 150 valence electrons. The first-order valence-corrected chi connectivity index (χ1v) is 11.7. The molecule has 9 heteroatoms. The number of amides is 1. The number of fused-ring (bicyclic) bond motifs is 1. The predicted octanol–water partition coefficient (Wildman–Crippen LogP) is 3.34. The summed E-state index contributed by atoms with van der Waals surface area (Å²) in [6.07, 6.45) is 4.25. The van der Waals surface area contributed by atoms with Gasteiger partial charge >= 0.3 is 0 Å². The van der Waals surface area contributed by atoms with Gasteiger partial charge in [0, 0.05) is 24.5 Å². The van der Waals surface area contributed by atoms with E-state index in [0.29, 0.717) is 36.0 Å². The lowest BCUT2D eigenvalue weighted by molar-refractivity contribution is 0.0762. The molecule has 28 heavy (non-hydrogen) atoms. The second kappa shape index (κ2) is 8.00. The number of ether oxygens (including phenoxy) is 2. The first-order chi connectivity index (χ1) is 13.5. The van der Waals surface area contributed by atoms with E-state index in [0.717, 1.165) is 50.1 Å². The Bertz CT molecular complexity index is 962. The molecule has 0 bridgehead atoms. The van der Waals surface area contributed by atoms with Crippen molar-refractivity contribution in [2.24, 2.45) is 0 Å². The summed E-state index contributed by atoms with van der Waals surface area (Å²) in [5.74, 6) is 1.00. The molecular formula is C19H22N2O5S2. The van der Waals surface area contributed by atoms with Crippen LogP contribution in [0.5, 0.6) is 11.5 Å². The van der Waals surface area contributed by atoms with E-state index >= 15 is 0 Å². The Morgan fingerprint density at radius 3 is 2.46 bits per heavy atom. The van der Waals surface area contributed by atoms with Crippen LogP contribution in [0.15, 0.2) is 33.9 Å². The van der Waals surface area contributed by atoms with Crippen LogP contribution in [-0.4, -0.2) is 45.5 Å². The number of carbonyl (C=O) groups is 1. The molecule has 2 aliphatic heterocycles. The minimum atomic E-state index is -3.79. The number of carbonyl (C=O) groups excluding carboxylic acids is 1. The summed E-state index contributed by atoms with van der Waals surface area (Å²) in [6.45, 7) is 2.36. The Hall–Kier alpha value is -2.26. The molecule has 1 saturated heterocycles. The van der Waals surface area contributed by atoms with Gasteiger partial charge < -0.3 is 14.4 Å². The molecule has 0 atom stereocenters. The SMILES string of the molecule is O=C(c1csc(S(=O)(=O)Nc2ccc3c(c2)OCCO3)c1)N1CCCCCC1. The van der Waals surface area contributed by atoms with E-state index in [2.05, 4.69) is 4.72 Å². The number of benzene rings is 1. The van der Waals surface area contributed by atoms with Gasteiger partial charge in [0.1, 0.15) is 17.4 Å². The summed E-state index contributed by atoms with van der Waals surface area (Å²) in [5, 5.41) is 1.62. The van der Waals surface area contributed by atoms with Crippen molar-refractivity contribution in [2.75, 3.05) is 31.0 Å². The number of thiophene rings is 1. The highest BCUT2D eigenvalue weighted by molar-refractivity contribution is 7.94. The summed E-state index contributed by atoms with van der Waals surface area (Å²) in [5.41, 5.74) is 0.812. The quantitative estimate of drug-likeness (QED) is 0.817. The van der Waals surface area contributed by atoms with Crippen molar-refractivity contribution >= 4 is 33.0 Å². The lowest BCUT2D eigenvalue weighted by Crippen LogP contribution is -2.31. The van der Waals surface area contributed by atoms with Gasteiger partial charge in [0.25, 0.3) is 15.9 Å². The Morgan fingerprint density at radius 1 is 1.00 bits per heavy atom. The Labute approximate surface area is 168 Å². The van der Waals surface area contributed by atoms with Gasteiger partial charge in [0.15, 0.2) is 11.5 Å². The third kappa shape index (κ3) is 4.10. The van der Waals surface area contributed by atoms with Gasteiger partial charge in [-0.3, -0.25) is 9.52 Å². The van der Waals surface area contributed by atoms with E-state index in [9.17, 15) is 13.2 Å². The molecule has 1 fully saturated rings. The maximum atomic E-state index is 12.7. The third-order valence-corrected chi connectivity index (χ3v) is 7.60. The van der Waals surface area contributed by atoms with Crippen molar-refractivity contribution in [3.63, 3.8) is 0 Å². The van der Waals surface area contributed by atoms with Crippen molar-refractivity contribution in [1.29, 1.82) is 0 Å². The molecule has 1 aromatic heterocycles. The zero-order chi connectivity index (χ0) is 19.6. The number of nitrogens with zero attached hydrogens (tertiary/aromatic N) is 1. The van der Waals surface area contributed by atoms with Crippen LogP contribution in [-0.2, 0) is 10.0 Å². The molecule has 0 spiro atoms. The minimum Gasteiger partial charge on any atom is -0.486 e. The zero-order valence-electron chi connectivity index (χ0n) is 15.3. The zero-order valence-corrected chi connectivity index (χ0v) is 17.0. The number of hydrogen-bond donors (Lipinski definition) is 1. The Balaban J connectivity index is 1.50. The average molecular weight is 423 g/mol. The molecular weight excluding hydrogens is 400 g/mol. The lowest BCUT2D eigenvalue weighted by atomic mass is 10.2. The largest absolute Gasteiger partial charge is 0.486 e. The highest BCUT2D eigenvalue weighted by Crippen LogP contribution is 2.34. The van der Waals surface area contributed by atoms with E-state index in [1.54, 1.807) is 23.6 Å². The Morgan fingerprint density at radius 2 is 1.71 bits per heavy atom. The van der Waals surface area contributed by atoms with Gasteiger partial charge in [-0.2, -0.15) is 0 Å². The van der Waals surface area contributed by atoms with Crippen LogP contribution in [0, 0.1) is 0 Å². The van der Waals surface area contributed by atoms with Crippen LogP contribution < -0.4 is 14.2 Å². The number of anilines is 1. The van der Waals surface area contributed by atoms with Crippen LogP contribution >= 0.6 is 11.3 Å². The highest BCUT2D eigenvalue weighted by atomic mass is 32.2. The van der Waals surface area contributed by atoms with Gasteiger partial charge in [-0.25, -0.2) is 8.42 Å². The number of likely N-dealkylation sites (tertiary alicyclic amines) is 1. The van der Waals surface area contributed by atoms with E-state index in [1.165, 1.54) is 6.07 Å². The predicted molar refractivity (Wildman–Crippen MR) is 107 cm³/mol. The molecule has 1 amide bonds. The highest BCUT2D eigenvalue weighted by Gasteiger charge is 2.23.